The maximum absolute atomic E-state index is 12.5. The minimum atomic E-state index is -0.416. The normalized spacial score (nSPS) is 10.0. The van der Waals surface area contributed by atoms with Gasteiger partial charge < -0.3 is 15.5 Å². The van der Waals surface area contributed by atoms with Gasteiger partial charge in [-0.3, -0.25) is 14.4 Å². The molecular formula is C22H23ClN4O3. The van der Waals surface area contributed by atoms with Crippen molar-refractivity contribution in [3.05, 3.63) is 59.1 Å². The number of para-hydroxylation sites is 1. The van der Waals surface area contributed by atoms with Crippen molar-refractivity contribution in [2.75, 3.05) is 23.3 Å². The Morgan fingerprint density at radius 2 is 1.80 bits per heavy atom. The summed E-state index contributed by atoms with van der Waals surface area (Å²) in [6.07, 6.45) is 0.0967. The lowest BCUT2D eigenvalue weighted by atomic mass is 10.2. The van der Waals surface area contributed by atoms with Crippen LogP contribution in [0.2, 0.25) is 5.02 Å². The highest BCUT2D eigenvalue weighted by Gasteiger charge is 2.17. The van der Waals surface area contributed by atoms with Gasteiger partial charge in [0.25, 0.3) is 0 Å². The number of anilines is 2. The van der Waals surface area contributed by atoms with Crippen LogP contribution in [0.4, 0.5) is 11.4 Å². The van der Waals surface area contributed by atoms with Crippen molar-refractivity contribution in [2.45, 2.75) is 26.2 Å². The number of hydrogen-bond acceptors (Lipinski definition) is 4. The van der Waals surface area contributed by atoms with Crippen molar-refractivity contribution in [3.63, 3.8) is 0 Å². The molecule has 0 bridgehead atoms. The molecule has 0 aliphatic heterocycles. The van der Waals surface area contributed by atoms with Crippen LogP contribution in [0.1, 0.15) is 24.8 Å². The largest absolute Gasteiger partial charge is 0.347 e. The number of halogens is 1. The minimum Gasteiger partial charge on any atom is -0.347 e. The zero-order valence-electron chi connectivity index (χ0n) is 16.7. The lowest BCUT2D eigenvalue weighted by molar-refractivity contribution is -0.126. The SMILES string of the molecule is Cc1ccc(NC(=O)CNC(=O)CCC(=O)N(CCC#N)c2ccccc2)c(Cl)c1. The van der Waals surface area contributed by atoms with Crippen molar-refractivity contribution in [1.82, 2.24) is 5.32 Å². The summed E-state index contributed by atoms with van der Waals surface area (Å²) in [7, 11) is 0. The van der Waals surface area contributed by atoms with Crippen molar-refractivity contribution in [3.8, 4) is 6.07 Å². The first-order valence-electron chi connectivity index (χ1n) is 9.45. The summed E-state index contributed by atoms with van der Waals surface area (Å²) in [6.45, 7) is 1.91. The zero-order valence-corrected chi connectivity index (χ0v) is 17.4. The van der Waals surface area contributed by atoms with E-state index >= 15 is 0 Å². The second kappa shape index (κ2) is 11.6. The van der Waals surface area contributed by atoms with E-state index in [9.17, 15) is 14.4 Å². The van der Waals surface area contributed by atoms with Crippen LogP contribution in [0.3, 0.4) is 0 Å². The molecular weight excluding hydrogens is 404 g/mol. The van der Waals surface area contributed by atoms with Crippen LogP contribution in [0, 0.1) is 18.3 Å². The molecule has 0 aromatic heterocycles. The van der Waals surface area contributed by atoms with Gasteiger partial charge in [-0.2, -0.15) is 5.26 Å². The third-order valence-corrected chi connectivity index (χ3v) is 4.54. The average Bonchev–Trinajstić information content (AvgIpc) is 2.74. The topological polar surface area (TPSA) is 102 Å². The van der Waals surface area contributed by atoms with Gasteiger partial charge in [-0.25, -0.2) is 0 Å². The Kier molecular flexibility index (Phi) is 8.85. The Bertz CT molecular complexity index is 941. The van der Waals surface area contributed by atoms with Gasteiger partial charge in [0.05, 0.1) is 29.7 Å². The number of benzene rings is 2. The first-order chi connectivity index (χ1) is 14.4. The van der Waals surface area contributed by atoms with Gasteiger partial charge >= 0.3 is 0 Å². The molecule has 156 valence electrons. The number of nitriles is 1. The molecule has 30 heavy (non-hydrogen) atoms. The van der Waals surface area contributed by atoms with E-state index in [2.05, 4.69) is 10.6 Å². The number of hydrogen-bond donors (Lipinski definition) is 2. The van der Waals surface area contributed by atoms with Crippen LogP contribution < -0.4 is 15.5 Å². The van der Waals surface area contributed by atoms with E-state index in [1.54, 1.807) is 36.4 Å². The van der Waals surface area contributed by atoms with Gasteiger partial charge in [0.15, 0.2) is 0 Å². The Morgan fingerprint density at radius 1 is 1.07 bits per heavy atom. The predicted molar refractivity (Wildman–Crippen MR) is 116 cm³/mol. The van der Waals surface area contributed by atoms with Crippen LogP contribution in [-0.4, -0.2) is 30.8 Å². The summed E-state index contributed by atoms with van der Waals surface area (Å²) in [5, 5.41) is 14.4. The number of rotatable bonds is 9. The van der Waals surface area contributed by atoms with E-state index in [0.717, 1.165) is 5.56 Å². The number of carbonyl (C=O) groups excluding carboxylic acids is 3. The minimum absolute atomic E-state index is 0.0302. The molecule has 3 amide bonds. The summed E-state index contributed by atoms with van der Waals surface area (Å²) in [6, 6.07) is 16.2. The molecule has 0 atom stereocenters. The fraction of sp³-hybridized carbons (Fsp3) is 0.273. The third kappa shape index (κ3) is 7.22. The van der Waals surface area contributed by atoms with E-state index in [4.69, 9.17) is 16.9 Å². The summed E-state index contributed by atoms with van der Waals surface area (Å²) in [5.74, 6) is -1.09. The Labute approximate surface area is 180 Å². The average molecular weight is 427 g/mol. The highest BCUT2D eigenvalue weighted by atomic mass is 35.5. The van der Waals surface area contributed by atoms with Crippen molar-refractivity contribution in [2.24, 2.45) is 0 Å². The summed E-state index contributed by atoms with van der Waals surface area (Å²) < 4.78 is 0. The monoisotopic (exact) mass is 426 g/mol. The van der Waals surface area contributed by atoms with Crippen LogP contribution in [0.5, 0.6) is 0 Å². The lowest BCUT2D eigenvalue weighted by Gasteiger charge is -2.21. The molecule has 0 saturated heterocycles. The smallest absolute Gasteiger partial charge is 0.243 e. The standard InChI is InChI=1S/C22H23ClN4O3/c1-16-8-9-19(18(23)14-16)26-21(29)15-25-20(28)10-11-22(30)27(13-5-12-24)17-6-3-2-4-7-17/h2-4,6-9,14H,5,10-11,13,15H2,1H3,(H,25,28)(H,26,29). The molecule has 2 rings (SSSR count). The quantitative estimate of drug-likeness (QED) is 0.641. The van der Waals surface area contributed by atoms with Crippen LogP contribution in [-0.2, 0) is 14.4 Å². The maximum Gasteiger partial charge on any atom is 0.243 e. The molecule has 2 aromatic carbocycles. The first-order valence-corrected chi connectivity index (χ1v) is 9.83. The van der Waals surface area contributed by atoms with Gasteiger partial charge in [-0.05, 0) is 36.8 Å². The molecule has 0 unspecified atom stereocenters. The van der Waals surface area contributed by atoms with E-state index in [1.165, 1.54) is 4.90 Å². The fourth-order valence-corrected chi connectivity index (χ4v) is 2.99. The second-order valence-electron chi connectivity index (χ2n) is 6.60. The van der Waals surface area contributed by atoms with Crippen molar-refractivity contribution in [1.29, 1.82) is 5.26 Å². The number of nitrogens with zero attached hydrogens (tertiary/aromatic N) is 2. The van der Waals surface area contributed by atoms with Gasteiger partial charge in [-0.1, -0.05) is 35.9 Å². The van der Waals surface area contributed by atoms with Crippen molar-refractivity contribution >= 4 is 40.7 Å². The molecule has 0 radical (unpaired) electrons. The molecule has 8 heteroatoms. The summed E-state index contributed by atoms with van der Waals surface area (Å²) in [4.78, 5) is 38.1. The van der Waals surface area contributed by atoms with E-state index in [0.29, 0.717) is 16.4 Å². The fourth-order valence-electron chi connectivity index (χ4n) is 2.71. The molecule has 0 saturated carbocycles. The highest BCUT2D eigenvalue weighted by molar-refractivity contribution is 6.33. The van der Waals surface area contributed by atoms with Crippen LogP contribution in [0.15, 0.2) is 48.5 Å². The molecule has 2 aromatic rings. The molecule has 0 heterocycles. The number of carbonyl (C=O) groups is 3. The van der Waals surface area contributed by atoms with Gasteiger partial charge in [0, 0.05) is 25.1 Å². The van der Waals surface area contributed by atoms with E-state index in [-0.39, 0.29) is 38.3 Å². The Morgan fingerprint density at radius 3 is 2.47 bits per heavy atom. The molecule has 0 fully saturated rings. The molecule has 0 aliphatic rings. The van der Waals surface area contributed by atoms with Gasteiger partial charge in [0.2, 0.25) is 17.7 Å². The first kappa shape index (κ1) is 22.9. The molecule has 0 spiro atoms. The second-order valence-corrected chi connectivity index (χ2v) is 7.00. The van der Waals surface area contributed by atoms with Crippen molar-refractivity contribution < 1.29 is 14.4 Å². The summed E-state index contributed by atoms with van der Waals surface area (Å²) in [5.41, 5.74) is 2.11. The lowest BCUT2D eigenvalue weighted by Crippen LogP contribution is -2.35. The summed E-state index contributed by atoms with van der Waals surface area (Å²) >= 11 is 6.07. The molecule has 2 N–H and O–H groups in total. The Hall–Kier alpha value is -3.37. The predicted octanol–water partition coefficient (Wildman–Crippen LogP) is 3.43. The molecule has 0 aliphatic carbocycles. The molecule has 7 nitrogen and oxygen atoms in total. The zero-order chi connectivity index (χ0) is 21.9. The Balaban J connectivity index is 1.81. The van der Waals surface area contributed by atoms with Crippen LogP contribution >= 0.6 is 11.6 Å². The van der Waals surface area contributed by atoms with Gasteiger partial charge in [-0.15, -0.1) is 0 Å². The number of amides is 3. The number of nitrogens with one attached hydrogen (secondary N) is 2. The third-order valence-electron chi connectivity index (χ3n) is 4.23. The maximum atomic E-state index is 12.5. The van der Waals surface area contributed by atoms with Gasteiger partial charge in [0.1, 0.15) is 0 Å². The van der Waals surface area contributed by atoms with E-state index < -0.39 is 11.8 Å². The highest BCUT2D eigenvalue weighted by Crippen LogP contribution is 2.22. The number of aryl methyl sites for hydroxylation is 1. The van der Waals surface area contributed by atoms with Crippen LogP contribution in [0.25, 0.3) is 0 Å². The van der Waals surface area contributed by atoms with E-state index in [1.807, 2.05) is 25.1 Å².